The molecule has 2 atom stereocenters. The Morgan fingerprint density at radius 1 is 1.22 bits per heavy atom. The van der Waals surface area contributed by atoms with Crippen LogP contribution >= 0.6 is 15.9 Å². The number of rotatable bonds is 3. The highest BCUT2D eigenvalue weighted by Gasteiger charge is 2.17. The van der Waals surface area contributed by atoms with E-state index in [0.717, 1.165) is 4.47 Å². The second-order valence-corrected chi connectivity index (χ2v) is 6.29. The van der Waals surface area contributed by atoms with Crippen molar-refractivity contribution in [1.82, 2.24) is 10.2 Å². The summed E-state index contributed by atoms with van der Waals surface area (Å²) in [6.45, 7) is 4.72. The second-order valence-electron chi connectivity index (χ2n) is 5.37. The molecule has 2 rings (SSSR count). The molecule has 0 amide bonds. The molecule has 2 nitrogen and oxygen atoms in total. The highest BCUT2D eigenvalue weighted by molar-refractivity contribution is 9.10. The third-order valence-electron chi connectivity index (χ3n) is 3.81. The van der Waals surface area contributed by atoms with Gasteiger partial charge in [0.05, 0.1) is 0 Å². The van der Waals surface area contributed by atoms with Crippen LogP contribution in [0, 0.1) is 0 Å². The molecule has 1 saturated heterocycles. The molecule has 1 aromatic rings. The summed E-state index contributed by atoms with van der Waals surface area (Å²) in [4.78, 5) is 2.44. The molecule has 1 aliphatic rings. The van der Waals surface area contributed by atoms with Crippen LogP contribution in [0.3, 0.4) is 0 Å². The lowest BCUT2D eigenvalue weighted by Crippen LogP contribution is -2.32. The van der Waals surface area contributed by atoms with Crippen molar-refractivity contribution in [3.8, 4) is 0 Å². The molecule has 1 aromatic carbocycles. The molecule has 1 unspecified atom stereocenters. The van der Waals surface area contributed by atoms with Gasteiger partial charge in [0.15, 0.2) is 0 Å². The standard InChI is InChI=1S/C15H23BrN2/c1-12(13-5-7-14(16)8-6-13)17-15-4-3-10-18(2)11-9-15/h5-8,12,15,17H,3-4,9-11H2,1-2H3/t12-,15?/m0/s1. The first-order valence-corrected chi connectivity index (χ1v) is 7.64. The lowest BCUT2D eigenvalue weighted by molar-refractivity contribution is 0.340. The first-order valence-electron chi connectivity index (χ1n) is 6.85. The maximum atomic E-state index is 3.77. The summed E-state index contributed by atoms with van der Waals surface area (Å²) < 4.78 is 1.15. The van der Waals surface area contributed by atoms with E-state index in [1.54, 1.807) is 0 Å². The van der Waals surface area contributed by atoms with Gasteiger partial charge in [-0.2, -0.15) is 0 Å². The Kier molecular flexibility index (Phi) is 5.22. The number of hydrogen-bond acceptors (Lipinski definition) is 2. The SMILES string of the molecule is C[C@H](NC1CCCN(C)CC1)c1ccc(Br)cc1. The Morgan fingerprint density at radius 2 is 1.94 bits per heavy atom. The molecule has 18 heavy (non-hydrogen) atoms. The second kappa shape index (κ2) is 6.69. The molecule has 1 fully saturated rings. The third kappa shape index (κ3) is 4.08. The van der Waals surface area contributed by atoms with Crippen LogP contribution in [0.1, 0.15) is 37.8 Å². The summed E-state index contributed by atoms with van der Waals surface area (Å²) in [7, 11) is 2.22. The zero-order chi connectivity index (χ0) is 13.0. The van der Waals surface area contributed by atoms with Crippen molar-refractivity contribution in [2.75, 3.05) is 20.1 Å². The number of halogens is 1. The van der Waals surface area contributed by atoms with Crippen LogP contribution in [-0.2, 0) is 0 Å². The van der Waals surface area contributed by atoms with Crippen molar-refractivity contribution < 1.29 is 0 Å². The summed E-state index contributed by atoms with van der Waals surface area (Å²) in [5, 5.41) is 3.77. The molecule has 1 heterocycles. The zero-order valence-electron chi connectivity index (χ0n) is 11.3. The van der Waals surface area contributed by atoms with Crippen molar-refractivity contribution in [3.05, 3.63) is 34.3 Å². The van der Waals surface area contributed by atoms with E-state index in [-0.39, 0.29) is 0 Å². The normalized spacial score (nSPS) is 23.6. The lowest BCUT2D eigenvalue weighted by Gasteiger charge is -2.22. The molecule has 0 spiro atoms. The minimum atomic E-state index is 0.437. The number of hydrogen-bond donors (Lipinski definition) is 1. The minimum absolute atomic E-state index is 0.437. The van der Waals surface area contributed by atoms with Crippen molar-refractivity contribution in [1.29, 1.82) is 0 Å². The van der Waals surface area contributed by atoms with Crippen molar-refractivity contribution in [3.63, 3.8) is 0 Å². The number of nitrogens with one attached hydrogen (secondary N) is 1. The van der Waals surface area contributed by atoms with Gasteiger partial charge in [-0.3, -0.25) is 0 Å². The molecule has 0 aromatic heterocycles. The fourth-order valence-electron chi connectivity index (χ4n) is 2.61. The van der Waals surface area contributed by atoms with Crippen LogP contribution in [0.5, 0.6) is 0 Å². The van der Waals surface area contributed by atoms with Gasteiger partial charge >= 0.3 is 0 Å². The molecule has 0 saturated carbocycles. The van der Waals surface area contributed by atoms with E-state index in [0.29, 0.717) is 12.1 Å². The van der Waals surface area contributed by atoms with Gasteiger partial charge in [0.25, 0.3) is 0 Å². The fourth-order valence-corrected chi connectivity index (χ4v) is 2.87. The van der Waals surface area contributed by atoms with Crippen molar-refractivity contribution in [2.45, 2.75) is 38.3 Å². The Labute approximate surface area is 119 Å². The third-order valence-corrected chi connectivity index (χ3v) is 4.34. The average Bonchev–Trinajstić information content (AvgIpc) is 2.55. The molecule has 3 heteroatoms. The quantitative estimate of drug-likeness (QED) is 0.918. The molecule has 0 aliphatic carbocycles. The predicted octanol–water partition coefficient (Wildman–Crippen LogP) is 3.58. The van der Waals surface area contributed by atoms with Crippen molar-refractivity contribution >= 4 is 15.9 Å². The summed E-state index contributed by atoms with van der Waals surface area (Å²) in [5.41, 5.74) is 1.37. The van der Waals surface area contributed by atoms with Crippen LogP contribution in [0.25, 0.3) is 0 Å². The van der Waals surface area contributed by atoms with Crippen molar-refractivity contribution in [2.24, 2.45) is 0 Å². The van der Waals surface area contributed by atoms with Crippen LogP contribution in [0.4, 0.5) is 0 Å². The average molecular weight is 311 g/mol. The van der Waals surface area contributed by atoms with Crippen LogP contribution in [-0.4, -0.2) is 31.1 Å². The van der Waals surface area contributed by atoms with Crippen LogP contribution in [0.15, 0.2) is 28.7 Å². The Hall–Kier alpha value is -0.380. The lowest BCUT2D eigenvalue weighted by atomic mass is 10.0. The molecule has 100 valence electrons. The topological polar surface area (TPSA) is 15.3 Å². The fraction of sp³-hybridized carbons (Fsp3) is 0.600. The van der Waals surface area contributed by atoms with Crippen LogP contribution < -0.4 is 5.32 Å². The van der Waals surface area contributed by atoms with Gasteiger partial charge in [-0.1, -0.05) is 28.1 Å². The van der Waals surface area contributed by atoms with Gasteiger partial charge in [-0.15, -0.1) is 0 Å². The van der Waals surface area contributed by atoms with E-state index in [1.807, 2.05) is 0 Å². The monoisotopic (exact) mass is 310 g/mol. The van der Waals surface area contributed by atoms with Gasteiger partial charge < -0.3 is 10.2 Å². The summed E-state index contributed by atoms with van der Waals surface area (Å²) >= 11 is 3.48. The highest BCUT2D eigenvalue weighted by Crippen LogP contribution is 2.19. The summed E-state index contributed by atoms with van der Waals surface area (Å²) in [6.07, 6.45) is 3.86. The maximum absolute atomic E-state index is 3.77. The summed E-state index contributed by atoms with van der Waals surface area (Å²) in [6, 6.07) is 9.73. The Balaban J connectivity index is 1.90. The Bertz CT molecular complexity index is 363. The number of benzene rings is 1. The summed E-state index contributed by atoms with van der Waals surface area (Å²) in [5.74, 6) is 0. The van der Waals surface area contributed by atoms with Gasteiger partial charge in [-0.05, 0) is 64.0 Å². The first kappa shape index (κ1) is 14.0. The van der Waals surface area contributed by atoms with Crippen LogP contribution in [0.2, 0.25) is 0 Å². The van der Waals surface area contributed by atoms with Gasteiger partial charge in [0, 0.05) is 16.6 Å². The van der Waals surface area contributed by atoms with E-state index >= 15 is 0 Å². The van der Waals surface area contributed by atoms with E-state index in [2.05, 4.69) is 64.4 Å². The molecular formula is C15H23BrN2. The number of nitrogens with zero attached hydrogens (tertiary/aromatic N) is 1. The maximum Gasteiger partial charge on any atom is 0.0294 e. The van der Waals surface area contributed by atoms with Gasteiger partial charge in [0.1, 0.15) is 0 Å². The predicted molar refractivity (Wildman–Crippen MR) is 80.8 cm³/mol. The first-order chi connectivity index (χ1) is 8.65. The smallest absolute Gasteiger partial charge is 0.0294 e. The van der Waals surface area contributed by atoms with E-state index in [1.165, 1.54) is 37.9 Å². The Morgan fingerprint density at radius 3 is 2.67 bits per heavy atom. The minimum Gasteiger partial charge on any atom is -0.307 e. The molecule has 1 N–H and O–H groups in total. The molecule has 0 bridgehead atoms. The number of likely N-dealkylation sites (tertiary alicyclic amines) is 1. The molecule has 0 radical (unpaired) electrons. The molecule has 1 aliphatic heterocycles. The highest BCUT2D eigenvalue weighted by atomic mass is 79.9. The molecular weight excluding hydrogens is 288 g/mol. The largest absolute Gasteiger partial charge is 0.307 e. The zero-order valence-corrected chi connectivity index (χ0v) is 12.9. The van der Waals surface area contributed by atoms with E-state index in [4.69, 9.17) is 0 Å². The van der Waals surface area contributed by atoms with E-state index in [9.17, 15) is 0 Å². The van der Waals surface area contributed by atoms with Gasteiger partial charge in [0.2, 0.25) is 0 Å². The van der Waals surface area contributed by atoms with Gasteiger partial charge in [-0.25, -0.2) is 0 Å². The van der Waals surface area contributed by atoms with E-state index < -0.39 is 0 Å².